The molecule has 1 saturated heterocycles. The van der Waals surface area contributed by atoms with Gasteiger partial charge in [0.05, 0.1) is 12.0 Å². The monoisotopic (exact) mass is 338 g/mol. The van der Waals surface area contributed by atoms with E-state index in [-0.39, 0.29) is 23.8 Å². The molecule has 0 bridgehead atoms. The molecule has 2 unspecified atom stereocenters. The number of hydrogen-bond acceptors (Lipinski definition) is 3. The Labute approximate surface area is 147 Å². The molecule has 0 aromatic heterocycles. The van der Waals surface area contributed by atoms with E-state index in [1.54, 1.807) is 0 Å². The summed E-state index contributed by atoms with van der Waals surface area (Å²) in [4.78, 5) is 23.9. The van der Waals surface area contributed by atoms with Gasteiger partial charge < -0.3 is 15.4 Å². The van der Waals surface area contributed by atoms with E-state index in [0.29, 0.717) is 26.0 Å². The standard InChI is InChI=1S/C20H22N2O3/c23-19-12-11-16(13-21-19)20(24)22-18(15-7-3-1-4-8-15)14-25-17-9-5-2-6-10-17/h1-10,16,18H,11-14H2,(H,21,23)(H,22,24). The number of carbonyl (C=O) groups is 2. The van der Waals surface area contributed by atoms with E-state index in [2.05, 4.69) is 10.6 Å². The Morgan fingerprint density at radius 3 is 2.44 bits per heavy atom. The lowest BCUT2D eigenvalue weighted by Crippen LogP contribution is -2.44. The van der Waals surface area contributed by atoms with Crippen molar-refractivity contribution < 1.29 is 14.3 Å². The van der Waals surface area contributed by atoms with Crippen LogP contribution in [0.15, 0.2) is 60.7 Å². The number of para-hydroxylation sites is 1. The summed E-state index contributed by atoms with van der Waals surface area (Å²) in [5.74, 6) is 0.532. The van der Waals surface area contributed by atoms with Gasteiger partial charge in [-0.05, 0) is 24.1 Å². The van der Waals surface area contributed by atoms with E-state index >= 15 is 0 Å². The van der Waals surface area contributed by atoms with Gasteiger partial charge in [-0.3, -0.25) is 9.59 Å². The third-order valence-electron chi connectivity index (χ3n) is 4.31. The van der Waals surface area contributed by atoms with Gasteiger partial charge in [0.15, 0.2) is 0 Å². The molecule has 1 aliphatic rings. The Hall–Kier alpha value is -2.82. The Morgan fingerprint density at radius 1 is 1.12 bits per heavy atom. The topological polar surface area (TPSA) is 67.4 Å². The summed E-state index contributed by atoms with van der Waals surface area (Å²) in [5, 5.41) is 5.83. The highest BCUT2D eigenvalue weighted by atomic mass is 16.5. The second-order valence-corrected chi connectivity index (χ2v) is 6.14. The molecule has 1 heterocycles. The van der Waals surface area contributed by atoms with Gasteiger partial charge in [-0.2, -0.15) is 0 Å². The van der Waals surface area contributed by atoms with Crippen LogP contribution in [0.2, 0.25) is 0 Å². The van der Waals surface area contributed by atoms with Gasteiger partial charge in [-0.1, -0.05) is 48.5 Å². The average molecular weight is 338 g/mol. The summed E-state index contributed by atoms with van der Waals surface area (Å²) in [6.45, 7) is 0.741. The van der Waals surface area contributed by atoms with E-state index in [0.717, 1.165) is 11.3 Å². The molecular weight excluding hydrogens is 316 g/mol. The summed E-state index contributed by atoms with van der Waals surface area (Å²) in [6, 6.07) is 19.1. The van der Waals surface area contributed by atoms with Crippen molar-refractivity contribution >= 4 is 11.8 Å². The highest BCUT2D eigenvalue weighted by Crippen LogP contribution is 2.18. The Balaban J connectivity index is 1.66. The van der Waals surface area contributed by atoms with Gasteiger partial charge in [0.25, 0.3) is 0 Å². The van der Waals surface area contributed by atoms with Crippen molar-refractivity contribution in [3.05, 3.63) is 66.2 Å². The van der Waals surface area contributed by atoms with Crippen LogP contribution in [0.3, 0.4) is 0 Å². The number of benzene rings is 2. The number of amides is 2. The number of carbonyl (C=O) groups excluding carboxylic acids is 2. The van der Waals surface area contributed by atoms with Gasteiger partial charge in [-0.15, -0.1) is 0 Å². The molecule has 1 aliphatic heterocycles. The van der Waals surface area contributed by atoms with Crippen molar-refractivity contribution in [1.29, 1.82) is 0 Å². The fourth-order valence-electron chi connectivity index (χ4n) is 2.85. The highest BCUT2D eigenvalue weighted by molar-refractivity contribution is 5.83. The molecular formula is C20H22N2O3. The molecule has 130 valence electrons. The molecule has 2 aromatic carbocycles. The smallest absolute Gasteiger partial charge is 0.225 e. The lowest BCUT2D eigenvalue weighted by molar-refractivity contribution is -0.129. The van der Waals surface area contributed by atoms with E-state index in [4.69, 9.17) is 4.74 Å². The minimum atomic E-state index is -0.244. The van der Waals surface area contributed by atoms with Crippen molar-refractivity contribution in [3.8, 4) is 5.75 Å². The van der Waals surface area contributed by atoms with E-state index < -0.39 is 0 Å². The highest BCUT2D eigenvalue weighted by Gasteiger charge is 2.26. The molecule has 2 amide bonds. The Morgan fingerprint density at radius 2 is 1.80 bits per heavy atom. The predicted molar refractivity (Wildman–Crippen MR) is 95.0 cm³/mol. The number of hydrogen-bond donors (Lipinski definition) is 2. The van der Waals surface area contributed by atoms with Crippen LogP contribution in [-0.4, -0.2) is 25.0 Å². The van der Waals surface area contributed by atoms with Gasteiger partial charge in [0.2, 0.25) is 11.8 Å². The van der Waals surface area contributed by atoms with Crippen LogP contribution in [0.4, 0.5) is 0 Å². The van der Waals surface area contributed by atoms with Crippen molar-refractivity contribution in [2.24, 2.45) is 5.92 Å². The number of rotatable bonds is 6. The Bertz CT molecular complexity index is 693. The summed E-state index contributed by atoms with van der Waals surface area (Å²) >= 11 is 0. The molecule has 3 rings (SSSR count). The van der Waals surface area contributed by atoms with E-state index in [1.165, 1.54) is 0 Å². The molecule has 5 heteroatoms. The molecule has 0 spiro atoms. The molecule has 0 saturated carbocycles. The van der Waals surface area contributed by atoms with Crippen LogP contribution in [0.5, 0.6) is 5.75 Å². The van der Waals surface area contributed by atoms with Crippen molar-refractivity contribution in [2.75, 3.05) is 13.2 Å². The second kappa shape index (κ2) is 8.33. The molecule has 0 aliphatic carbocycles. The number of ether oxygens (including phenoxy) is 1. The maximum atomic E-state index is 12.6. The predicted octanol–water partition coefficient (Wildman–Crippen LogP) is 2.45. The van der Waals surface area contributed by atoms with Crippen LogP contribution in [-0.2, 0) is 9.59 Å². The third kappa shape index (κ3) is 4.83. The molecule has 0 radical (unpaired) electrons. The van der Waals surface area contributed by atoms with Crippen molar-refractivity contribution in [2.45, 2.75) is 18.9 Å². The van der Waals surface area contributed by atoms with Crippen LogP contribution >= 0.6 is 0 Å². The summed E-state index contributed by atoms with van der Waals surface area (Å²) in [7, 11) is 0. The zero-order valence-electron chi connectivity index (χ0n) is 14.0. The van der Waals surface area contributed by atoms with Crippen LogP contribution in [0, 0.1) is 5.92 Å². The van der Waals surface area contributed by atoms with Gasteiger partial charge in [0.1, 0.15) is 12.4 Å². The SMILES string of the molecule is O=C1CCC(C(=O)NC(COc2ccccc2)c2ccccc2)CN1. The fraction of sp³-hybridized carbons (Fsp3) is 0.300. The molecule has 2 N–H and O–H groups in total. The first-order valence-corrected chi connectivity index (χ1v) is 8.52. The van der Waals surface area contributed by atoms with Crippen LogP contribution in [0.25, 0.3) is 0 Å². The quantitative estimate of drug-likeness (QED) is 0.850. The van der Waals surface area contributed by atoms with E-state index in [1.807, 2.05) is 60.7 Å². The maximum Gasteiger partial charge on any atom is 0.225 e. The minimum absolute atomic E-state index is 0.0103. The van der Waals surface area contributed by atoms with Gasteiger partial charge in [0, 0.05) is 13.0 Å². The summed E-state index contributed by atoms with van der Waals surface area (Å²) in [5.41, 5.74) is 0.992. The summed E-state index contributed by atoms with van der Waals surface area (Å²) < 4.78 is 5.84. The first-order valence-electron chi connectivity index (χ1n) is 8.52. The summed E-state index contributed by atoms with van der Waals surface area (Å²) in [6.07, 6.45) is 0.979. The average Bonchev–Trinajstić information content (AvgIpc) is 2.67. The fourth-order valence-corrected chi connectivity index (χ4v) is 2.85. The largest absolute Gasteiger partial charge is 0.491 e. The van der Waals surface area contributed by atoms with Crippen molar-refractivity contribution in [1.82, 2.24) is 10.6 Å². The second-order valence-electron chi connectivity index (χ2n) is 6.14. The lowest BCUT2D eigenvalue weighted by atomic mass is 9.97. The number of nitrogens with one attached hydrogen (secondary N) is 2. The molecule has 5 nitrogen and oxygen atoms in total. The molecule has 1 fully saturated rings. The van der Waals surface area contributed by atoms with Crippen LogP contribution < -0.4 is 15.4 Å². The first-order chi connectivity index (χ1) is 12.2. The van der Waals surface area contributed by atoms with Gasteiger partial charge in [-0.25, -0.2) is 0 Å². The maximum absolute atomic E-state index is 12.6. The Kier molecular flexibility index (Phi) is 5.67. The zero-order chi connectivity index (χ0) is 17.5. The minimum Gasteiger partial charge on any atom is -0.491 e. The van der Waals surface area contributed by atoms with Gasteiger partial charge >= 0.3 is 0 Å². The third-order valence-corrected chi connectivity index (χ3v) is 4.31. The number of piperidine rings is 1. The van der Waals surface area contributed by atoms with Crippen LogP contribution in [0.1, 0.15) is 24.4 Å². The molecule has 2 atom stereocenters. The molecule has 2 aromatic rings. The molecule has 25 heavy (non-hydrogen) atoms. The van der Waals surface area contributed by atoms with Crippen molar-refractivity contribution in [3.63, 3.8) is 0 Å². The lowest BCUT2D eigenvalue weighted by Gasteiger charge is -2.25. The normalized spacial score (nSPS) is 18.1. The first kappa shape index (κ1) is 17.0. The van der Waals surface area contributed by atoms with E-state index in [9.17, 15) is 9.59 Å². The zero-order valence-corrected chi connectivity index (χ0v) is 14.0.